The van der Waals surface area contributed by atoms with Crippen LogP contribution in [-0.4, -0.2) is 10.9 Å². The van der Waals surface area contributed by atoms with Gasteiger partial charge in [0.2, 0.25) is 0 Å². The molecule has 0 radical (unpaired) electrons. The molecule has 5 heteroatoms. The Bertz CT molecular complexity index is 873. The first-order valence-electron chi connectivity index (χ1n) is 8.08. The molecule has 0 saturated carbocycles. The third-order valence-corrected chi connectivity index (χ3v) is 4.67. The van der Waals surface area contributed by atoms with E-state index in [1.807, 2.05) is 55.6 Å². The summed E-state index contributed by atoms with van der Waals surface area (Å²) in [6, 6.07) is 15.2. The molecular formula is C20H20N2O2S. The molecule has 0 aliphatic heterocycles. The van der Waals surface area contributed by atoms with Crippen molar-refractivity contribution >= 4 is 17.2 Å². The maximum atomic E-state index is 12.4. The summed E-state index contributed by atoms with van der Waals surface area (Å²) in [4.78, 5) is 16.8. The molecule has 1 aromatic heterocycles. The maximum absolute atomic E-state index is 12.4. The standard InChI is InChI=1S/C20H20N2O2S/c1-14-6-3-4-7-17(14)11-21-20(23)16-8-5-9-19(10-16)24-12-18-13-25-15(2)22-18/h3-10,13H,11-12H2,1-2H3,(H,21,23). The van der Waals surface area contributed by atoms with Crippen molar-refractivity contribution in [3.05, 3.63) is 81.3 Å². The van der Waals surface area contributed by atoms with E-state index >= 15 is 0 Å². The normalized spacial score (nSPS) is 10.5. The Morgan fingerprint density at radius 3 is 2.76 bits per heavy atom. The fourth-order valence-corrected chi connectivity index (χ4v) is 3.04. The van der Waals surface area contributed by atoms with Gasteiger partial charge in [-0.15, -0.1) is 11.3 Å². The zero-order chi connectivity index (χ0) is 17.6. The molecule has 4 nitrogen and oxygen atoms in total. The number of rotatable bonds is 6. The van der Waals surface area contributed by atoms with Crippen molar-refractivity contribution < 1.29 is 9.53 Å². The number of carbonyl (C=O) groups excluding carboxylic acids is 1. The Morgan fingerprint density at radius 2 is 2.00 bits per heavy atom. The van der Waals surface area contributed by atoms with E-state index in [1.54, 1.807) is 23.5 Å². The third kappa shape index (κ3) is 4.67. The van der Waals surface area contributed by atoms with Crippen LogP contribution in [0.4, 0.5) is 0 Å². The molecule has 1 heterocycles. The molecule has 0 atom stereocenters. The predicted octanol–water partition coefficient (Wildman–Crippen LogP) is 4.27. The lowest BCUT2D eigenvalue weighted by Crippen LogP contribution is -2.23. The Kier molecular flexibility index (Phi) is 5.46. The first-order valence-corrected chi connectivity index (χ1v) is 8.96. The number of carbonyl (C=O) groups is 1. The summed E-state index contributed by atoms with van der Waals surface area (Å²) in [7, 11) is 0. The van der Waals surface area contributed by atoms with E-state index in [4.69, 9.17) is 4.74 Å². The molecule has 0 fully saturated rings. The van der Waals surface area contributed by atoms with E-state index in [0.717, 1.165) is 16.3 Å². The van der Waals surface area contributed by atoms with Crippen molar-refractivity contribution in [3.8, 4) is 5.75 Å². The molecule has 128 valence electrons. The van der Waals surface area contributed by atoms with Crippen LogP contribution in [0.3, 0.4) is 0 Å². The smallest absolute Gasteiger partial charge is 0.251 e. The molecule has 0 unspecified atom stereocenters. The molecule has 1 N–H and O–H groups in total. The van der Waals surface area contributed by atoms with Gasteiger partial charge in [0.25, 0.3) is 5.91 Å². The van der Waals surface area contributed by atoms with E-state index < -0.39 is 0 Å². The Hall–Kier alpha value is -2.66. The highest BCUT2D eigenvalue weighted by Gasteiger charge is 2.08. The molecule has 0 spiro atoms. The lowest BCUT2D eigenvalue weighted by atomic mass is 10.1. The summed E-state index contributed by atoms with van der Waals surface area (Å²) in [5.74, 6) is 0.549. The van der Waals surface area contributed by atoms with Crippen LogP contribution in [0.1, 0.15) is 32.2 Å². The number of hydrogen-bond acceptors (Lipinski definition) is 4. The van der Waals surface area contributed by atoms with Crippen LogP contribution in [0, 0.1) is 13.8 Å². The summed E-state index contributed by atoms with van der Waals surface area (Å²) in [5, 5.41) is 5.95. The van der Waals surface area contributed by atoms with Crippen LogP contribution in [-0.2, 0) is 13.2 Å². The lowest BCUT2D eigenvalue weighted by molar-refractivity contribution is 0.0950. The first kappa shape index (κ1) is 17.2. The summed E-state index contributed by atoms with van der Waals surface area (Å²) in [6.45, 7) is 4.91. The van der Waals surface area contributed by atoms with Gasteiger partial charge in [0.05, 0.1) is 10.7 Å². The van der Waals surface area contributed by atoms with E-state index in [-0.39, 0.29) is 5.91 Å². The minimum atomic E-state index is -0.113. The quantitative estimate of drug-likeness (QED) is 0.721. The Balaban J connectivity index is 1.60. The SMILES string of the molecule is Cc1nc(COc2cccc(C(=O)NCc3ccccc3C)c2)cs1. The minimum Gasteiger partial charge on any atom is -0.487 e. The number of benzene rings is 2. The van der Waals surface area contributed by atoms with Crippen molar-refractivity contribution in [2.45, 2.75) is 27.0 Å². The second-order valence-corrected chi connectivity index (χ2v) is 6.85. The monoisotopic (exact) mass is 352 g/mol. The van der Waals surface area contributed by atoms with Crippen LogP contribution in [0.5, 0.6) is 5.75 Å². The number of amides is 1. The minimum absolute atomic E-state index is 0.113. The topological polar surface area (TPSA) is 51.2 Å². The van der Waals surface area contributed by atoms with Crippen LogP contribution in [0.25, 0.3) is 0 Å². The number of thiazole rings is 1. The number of aryl methyl sites for hydroxylation is 2. The predicted molar refractivity (Wildman–Crippen MR) is 100.0 cm³/mol. The Morgan fingerprint density at radius 1 is 1.16 bits per heavy atom. The van der Waals surface area contributed by atoms with E-state index in [9.17, 15) is 4.79 Å². The van der Waals surface area contributed by atoms with Crippen molar-refractivity contribution in [1.29, 1.82) is 0 Å². The van der Waals surface area contributed by atoms with Crippen LogP contribution in [0.2, 0.25) is 0 Å². The number of ether oxygens (including phenoxy) is 1. The van der Waals surface area contributed by atoms with Crippen LogP contribution < -0.4 is 10.1 Å². The van der Waals surface area contributed by atoms with Gasteiger partial charge in [-0.1, -0.05) is 30.3 Å². The highest BCUT2D eigenvalue weighted by molar-refractivity contribution is 7.09. The van der Waals surface area contributed by atoms with Gasteiger partial charge in [-0.2, -0.15) is 0 Å². The lowest BCUT2D eigenvalue weighted by Gasteiger charge is -2.09. The molecule has 25 heavy (non-hydrogen) atoms. The molecule has 2 aromatic carbocycles. The van der Waals surface area contributed by atoms with Crippen molar-refractivity contribution in [1.82, 2.24) is 10.3 Å². The molecular weight excluding hydrogens is 332 g/mol. The first-order chi connectivity index (χ1) is 12.1. The van der Waals surface area contributed by atoms with E-state index in [0.29, 0.717) is 24.5 Å². The van der Waals surface area contributed by atoms with Crippen molar-refractivity contribution in [2.24, 2.45) is 0 Å². The second-order valence-electron chi connectivity index (χ2n) is 5.78. The zero-order valence-corrected chi connectivity index (χ0v) is 15.1. The van der Waals surface area contributed by atoms with Gasteiger partial charge in [-0.25, -0.2) is 4.98 Å². The zero-order valence-electron chi connectivity index (χ0n) is 14.3. The summed E-state index contributed by atoms with van der Waals surface area (Å²) in [5.41, 5.74) is 3.76. The van der Waals surface area contributed by atoms with Gasteiger partial charge in [0, 0.05) is 17.5 Å². The molecule has 0 bridgehead atoms. The van der Waals surface area contributed by atoms with Gasteiger partial charge in [0.1, 0.15) is 12.4 Å². The fourth-order valence-electron chi connectivity index (χ4n) is 2.44. The van der Waals surface area contributed by atoms with Crippen LogP contribution >= 0.6 is 11.3 Å². The largest absolute Gasteiger partial charge is 0.487 e. The third-order valence-electron chi connectivity index (χ3n) is 3.85. The number of hydrogen-bond donors (Lipinski definition) is 1. The van der Waals surface area contributed by atoms with Gasteiger partial charge in [-0.05, 0) is 43.2 Å². The van der Waals surface area contributed by atoms with Crippen molar-refractivity contribution in [2.75, 3.05) is 0 Å². The average Bonchev–Trinajstić information content (AvgIpc) is 3.04. The van der Waals surface area contributed by atoms with Crippen LogP contribution in [0.15, 0.2) is 53.9 Å². The van der Waals surface area contributed by atoms with E-state index in [2.05, 4.69) is 10.3 Å². The number of nitrogens with one attached hydrogen (secondary N) is 1. The molecule has 3 aromatic rings. The summed E-state index contributed by atoms with van der Waals surface area (Å²) >= 11 is 1.60. The summed E-state index contributed by atoms with van der Waals surface area (Å²) < 4.78 is 5.74. The molecule has 0 aliphatic carbocycles. The molecule has 1 amide bonds. The maximum Gasteiger partial charge on any atom is 0.251 e. The Labute approximate surface area is 151 Å². The van der Waals surface area contributed by atoms with Gasteiger partial charge < -0.3 is 10.1 Å². The fraction of sp³-hybridized carbons (Fsp3) is 0.200. The number of nitrogens with zero attached hydrogens (tertiary/aromatic N) is 1. The highest BCUT2D eigenvalue weighted by Crippen LogP contribution is 2.16. The van der Waals surface area contributed by atoms with Gasteiger partial charge in [0.15, 0.2) is 0 Å². The van der Waals surface area contributed by atoms with Gasteiger partial charge >= 0.3 is 0 Å². The van der Waals surface area contributed by atoms with Gasteiger partial charge in [-0.3, -0.25) is 4.79 Å². The molecule has 0 saturated heterocycles. The highest BCUT2D eigenvalue weighted by atomic mass is 32.1. The average molecular weight is 352 g/mol. The number of aromatic nitrogens is 1. The van der Waals surface area contributed by atoms with Crippen molar-refractivity contribution in [3.63, 3.8) is 0 Å². The second kappa shape index (κ2) is 7.94. The summed E-state index contributed by atoms with van der Waals surface area (Å²) in [6.07, 6.45) is 0. The molecule has 3 rings (SSSR count). The van der Waals surface area contributed by atoms with E-state index in [1.165, 1.54) is 5.56 Å². The molecule has 0 aliphatic rings.